The van der Waals surface area contributed by atoms with E-state index in [1.807, 2.05) is 0 Å². The fourth-order valence-corrected chi connectivity index (χ4v) is 2.57. The lowest BCUT2D eigenvalue weighted by molar-refractivity contribution is 0.218. The minimum absolute atomic E-state index is 0.0408. The molecule has 0 fully saturated rings. The van der Waals surface area contributed by atoms with E-state index in [0.717, 1.165) is 19.4 Å². The van der Waals surface area contributed by atoms with Crippen LogP contribution in [-0.4, -0.2) is 12.1 Å². The Hall–Kier alpha value is -0.600. The molecule has 0 unspecified atom stereocenters. The van der Waals surface area contributed by atoms with Crippen molar-refractivity contribution in [3.05, 3.63) is 34.6 Å². The summed E-state index contributed by atoms with van der Waals surface area (Å²) < 4.78 is 14.0. The molecule has 0 heterocycles. The van der Waals surface area contributed by atoms with Gasteiger partial charge in [-0.1, -0.05) is 31.5 Å². The second-order valence-electron chi connectivity index (χ2n) is 6.69. The average Bonchev–Trinajstić information content (AvgIpc) is 2.37. The second kappa shape index (κ2) is 6.91. The molecule has 1 N–H and O–H groups in total. The van der Waals surface area contributed by atoms with Crippen LogP contribution in [0.4, 0.5) is 4.39 Å². The molecule has 3 heteroatoms. The van der Waals surface area contributed by atoms with Crippen LogP contribution >= 0.6 is 11.6 Å². The first-order valence-electron chi connectivity index (χ1n) is 7.41. The zero-order chi connectivity index (χ0) is 15.4. The molecule has 0 aliphatic rings. The summed E-state index contributed by atoms with van der Waals surface area (Å²) in [5.41, 5.74) is 0.752. The molecule has 1 aromatic carbocycles. The first-order chi connectivity index (χ1) is 9.23. The quantitative estimate of drug-likeness (QED) is 0.759. The van der Waals surface area contributed by atoms with E-state index in [-0.39, 0.29) is 16.8 Å². The first-order valence-corrected chi connectivity index (χ1v) is 7.79. The third-order valence-electron chi connectivity index (χ3n) is 4.11. The molecule has 0 saturated heterocycles. The largest absolute Gasteiger partial charge is 0.312 e. The molecule has 1 aromatic rings. The van der Waals surface area contributed by atoms with Crippen LogP contribution < -0.4 is 5.32 Å². The normalized spacial score (nSPS) is 12.8. The lowest BCUT2D eigenvalue weighted by atomic mass is 9.76. The van der Waals surface area contributed by atoms with Gasteiger partial charge >= 0.3 is 0 Å². The topological polar surface area (TPSA) is 12.0 Å². The Balaban J connectivity index is 2.96. The van der Waals surface area contributed by atoms with Gasteiger partial charge in [-0.3, -0.25) is 0 Å². The molecule has 1 nitrogen and oxygen atoms in total. The van der Waals surface area contributed by atoms with Gasteiger partial charge in [0.1, 0.15) is 5.82 Å². The van der Waals surface area contributed by atoms with Crippen molar-refractivity contribution in [1.82, 2.24) is 5.32 Å². The Bertz CT molecular complexity index is 413. The van der Waals surface area contributed by atoms with E-state index in [1.165, 1.54) is 6.07 Å². The van der Waals surface area contributed by atoms with Gasteiger partial charge in [0.2, 0.25) is 0 Å². The smallest absolute Gasteiger partial charge is 0.127 e. The van der Waals surface area contributed by atoms with Crippen LogP contribution in [0.5, 0.6) is 0 Å². The van der Waals surface area contributed by atoms with Crippen molar-refractivity contribution in [3.63, 3.8) is 0 Å². The van der Waals surface area contributed by atoms with Gasteiger partial charge in [0, 0.05) is 22.7 Å². The van der Waals surface area contributed by atoms with Crippen LogP contribution in [0.15, 0.2) is 18.2 Å². The fraction of sp³-hybridized carbons (Fsp3) is 0.647. The maximum Gasteiger partial charge on any atom is 0.127 e. The molecule has 0 aromatic heterocycles. The molecule has 0 radical (unpaired) electrons. The second-order valence-corrected chi connectivity index (χ2v) is 7.09. The summed E-state index contributed by atoms with van der Waals surface area (Å²) in [6.07, 6.45) is 2.67. The predicted molar refractivity (Wildman–Crippen MR) is 85.9 cm³/mol. The molecule has 114 valence electrons. The van der Waals surface area contributed by atoms with Crippen LogP contribution in [0.25, 0.3) is 0 Å². The Morgan fingerprint density at radius 1 is 1.15 bits per heavy atom. The molecule has 0 spiro atoms. The highest BCUT2D eigenvalue weighted by Crippen LogP contribution is 2.34. The summed E-state index contributed by atoms with van der Waals surface area (Å²) >= 11 is 6.18. The van der Waals surface area contributed by atoms with Crippen LogP contribution in [0, 0.1) is 11.2 Å². The third kappa shape index (κ3) is 4.75. The maximum atomic E-state index is 14.0. The Labute approximate surface area is 127 Å². The van der Waals surface area contributed by atoms with Crippen LogP contribution in [0.1, 0.15) is 53.0 Å². The molecule has 0 aliphatic heterocycles. The molecule has 0 saturated carbocycles. The molecular weight excluding hydrogens is 273 g/mol. The van der Waals surface area contributed by atoms with Crippen molar-refractivity contribution in [2.45, 2.75) is 59.4 Å². The van der Waals surface area contributed by atoms with Gasteiger partial charge in [-0.05, 0) is 57.6 Å². The predicted octanol–water partition coefficient (Wildman–Crippen LogP) is 5.22. The minimum atomic E-state index is -0.195. The minimum Gasteiger partial charge on any atom is -0.312 e. The zero-order valence-corrected chi connectivity index (χ0v) is 14.1. The summed E-state index contributed by atoms with van der Waals surface area (Å²) in [6.45, 7) is 11.7. The fourth-order valence-electron chi connectivity index (χ4n) is 2.34. The Morgan fingerprint density at radius 2 is 1.75 bits per heavy atom. The van der Waals surface area contributed by atoms with E-state index in [1.54, 1.807) is 12.1 Å². The van der Waals surface area contributed by atoms with Crippen LogP contribution in [-0.2, 0) is 6.42 Å². The lowest BCUT2D eigenvalue weighted by Crippen LogP contribution is -2.44. The number of rotatable bonds is 6. The lowest BCUT2D eigenvalue weighted by Gasteiger charge is -2.36. The maximum absolute atomic E-state index is 14.0. The number of nitrogens with one attached hydrogen (secondary N) is 1. The van der Waals surface area contributed by atoms with Crippen molar-refractivity contribution < 1.29 is 4.39 Å². The van der Waals surface area contributed by atoms with Crippen LogP contribution in [0.3, 0.4) is 0 Å². The summed E-state index contributed by atoms with van der Waals surface area (Å²) in [6, 6.07) is 4.93. The highest BCUT2D eigenvalue weighted by Gasteiger charge is 2.30. The SMILES string of the molecule is CCC(CC)(CNC(C)(C)C)Cc1c(F)cccc1Cl. The van der Waals surface area contributed by atoms with Gasteiger partial charge in [-0.2, -0.15) is 0 Å². The van der Waals surface area contributed by atoms with Gasteiger partial charge in [0.05, 0.1) is 0 Å². The first kappa shape index (κ1) is 17.5. The van der Waals surface area contributed by atoms with Gasteiger partial charge < -0.3 is 5.32 Å². The van der Waals surface area contributed by atoms with Gasteiger partial charge in [-0.15, -0.1) is 0 Å². The standard InChI is InChI=1S/C17H27ClFN/c1-6-17(7-2,12-20-16(3,4)5)11-13-14(18)9-8-10-15(13)19/h8-10,20H,6-7,11-12H2,1-5H3. The van der Waals surface area contributed by atoms with Crippen molar-refractivity contribution in [2.24, 2.45) is 5.41 Å². The van der Waals surface area contributed by atoms with Gasteiger partial charge in [0.25, 0.3) is 0 Å². The van der Waals surface area contributed by atoms with Gasteiger partial charge in [0.15, 0.2) is 0 Å². The van der Waals surface area contributed by atoms with E-state index in [2.05, 4.69) is 39.9 Å². The molecule has 20 heavy (non-hydrogen) atoms. The van der Waals surface area contributed by atoms with E-state index in [0.29, 0.717) is 17.0 Å². The highest BCUT2D eigenvalue weighted by molar-refractivity contribution is 6.31. The van der Waals surface area contributed by atoms with E-state index in [9.17, 15) is 4.39 Å². The molecule has 1 rings (SSSR count). The zero-order valence-electron chi connectivity index (χ0n) is 13.3. The number of halogens is 2. The molecule has 0 aliphatic carbocycles. The molecule has 0 atom stereocenters. The number of hydrogen-bond acceptors (Lipinski definition) is 1. The summed E-state index contributed by atoms with van der Waals surface area (Å²) in [7, 11) is 0. The van der Waals surface area contributed by atoms with Crippen molar-refractivity contribution in [3.8, 4) is 0 Å². The Morgan fingerprint density at radius 3 is 2.20 bits per heavy atom. The van der Waals surface area contributed by atoms with Crippen molar-refractivity contribution in [1.29, 1.82) is 0 Å². The average molecular weight is 300 g/mol. The summed E-state index contributed by atoms with van der Waals surface area (Å²) in [4.78, 5) is 0. The van der Waals surface area contributed by atoms with E-state index in [4.69, 9.17) is 11.6 Å². The highest BCUT2D eigenvalue weighted by atomic mass is 35.5. The van der Waals surface area contributed by atoms with Crippen LogP contribution in [0.2, 0.25) is 5.02 Å². The van der Waals surface area contributed by atoms with Crippen molar-refractivity contribution >= 4 is 11.6 Å². The number of hydrogen-bond donors (Lipinski definition) is 1. The van der Waals surface area contributed by atoms with E-state index >= 15 is 0 Å². The van der Waals surface area contributed by atoms with Crippen molar-refractivity contribution in [2.75, 3.05) is 6.54 Å². The monoisotopic (exact) mass is 299 g/mol. The number of benzene rings is 1. The van der Waals surface area contributed by atoms with E-state index < -0.39 is 0 Å². The Kier molecular flexibility index (Phi) is 6.03. The summed E-state index contributed by atoms with van der Waals surface area (Å²) in [5, 5.41) is 4.09. The van der Waals surface area contributed by atoms with Gasteiger partial charge in [-0.25, -0.2) is 4.39 Å². The summed E-state index contributed by atoms with van der Waals surface area (Å²) in [5.74, 6) is -0.195. The molecule has 0 bridgehead atoms. The third-order valence-corrected chi connectivity index (χ3v) is 4.46. The molecule has 0 amide bonds. The molecular formula is C17H27ClFN.